The molecular formula is C30H25BrN2. The first-order valence-electron chi connectivity index (χ1n) is 10.7. The van der Waals surface area contributed by atoms with Crippen LogP contribution in [0.25, 0.3) is 10.8 Å². The maximum absolute atomic E-state index is 3.74. The topological polar surface area (TPSA) is 6.48 Å². The lowest BCUT2D eigenvalue weighted by Crippen LogP contribution is -2.07. The molecule has 4 aromatic rings. The summed E-state index contributed by atoms with van der Waals surface area (Å²) in [5, 5.41) is 2.20. The molecule has 0 saturated carbocycles. The molecule has 3 heteroatoms. The molecule has 2 nitrogen and oxygen atoms in total. The molecule has 162 valence electrons. The van der Waals surface area contributed by atoms with E-state index in [1.54, 1.807) is 0 Å². The van der Waals surface area contributed by atoms with Gasteiger partial charge in [-0.1, -0.05) is 47.9 Å². The van der Waals surface area contributed by atoms with Crippen molar-refractivity contribution in [1.82, 2.24) is 0 Å². The molecule has 0 amide bonds. The van der Waals surface area contributed by atoms with Crippen LogP contribution in [0.1, 0.15) is 22.3 Å². The smallest absolute Gasteiger partial charge is 0.0470 e. The second-order valence-electron chi connectivity index (χ2n) is 8.21. The third-order valence-corrected chi connectivity index (χ3v) is 6.06. The lowest BCUT2D eigenvalue weighted by molar-refractivity contribution is 1.13. The summed E-state index contributed by atoms with van der Waals surface area (Å²) in [6.45, 7) is 0. The molecule has 0 N–H and O–H groups in total. The number of hydrogen-bond acceptors (Lipinski definition) is 2. The second kappa shape index (κ2) is 9.86. The van der Waals surface area contributed by atoms with Crippen LogP contribution in [0.4, 0.5) is 11.4 Å². The van der Waals surface area contributed by atoms with Crippen LogP contribution in [0.5, 0.6) is 0 Å². The van der Waals surface area contributed by atoms with E-state index in [9.17, 15) is 0 Å². The van der Waals surface area contributed by atoms with Gasteiger partial charge >= 0.3 is 0 Å². The number of hydrogen-bond donors (Lipinski definition) is 0. The Bertz CT molecular complexity index is 1410. The molecule has 0 aliphatic rings. The molecule has 0 aromatic heterocycles. The van der Waals surface area contributed by atoms with E-state index in [1.807, 2.05) is 40.3 Å². The van der Waals surface area contributed by atoms with Gasteiger partial charge in [0.2, 0.25) is 0 Å². The van der Waals surface area contributed by atoms with Crippen molar-refractivity contribution in [2.24, 2.45) is 0 Å². The summed E-state index contributed by atoms with van der Waals surface area (Å²) in [5.41, 5.74) is 6.25. The zero-order valence-electron chi connectivity index (χ0n) is 19.3. The van der Waals surface area contributed by atoms with Crippen molar-refractivity contribution < 1.29 is 0 Å². The molecule has 33 heavy (non-hydrogen) atoms. The van der Waals surface area contributed by atoms with Gasteiger partial charge < -0.3 is 9.80 Å². The minimum Gasteiger partial charge on any atom is -0.378 e. The van der Waals surface area contributed by atoms with Gasteiger partial charge in [-0.05, 0) is 81.3 Å². The Kier molecular flexibility index (Phi) is 6.74. The van der Waals surface area contributed by atoms with Crippen molar-refractivity contribution in [3.05, 3.63) is 106 Å². The molecule has 0 heterocycles. The molecule has 0 unspecified atom stereocenters. The number of halogens is 1. The third-order valence-electron chi connectivity index (χ3n) is 5.44. The highest BCUT2D eigenvalue weighted by atomic mass is 79.9. The van der Waals surface area contributed by atoms with Crippen LogP contribution in [0.15, 0.2) is 83.3 Å². The summed E-state index contributed by atoms with van der Waals surface area (Å²) in [7, 11) is 8.14. The molecule has 4 aromatic carbocycles. The summed E-state index contributed by atoms with van der Waals surface area (Å²) in [4.78, 5) is 4.16. The molecule has 0 radical (unpaired) electrons. The average Bonchev–Trinajstić information content (AvgIpc) is 2.82. The van der Waals surface area contributed by atoms with Gasteiger partial charge in [0.05, 0.1) is 0 Å². The Balaban J connectivity index is 1.71. The largest absolute Gasteiger partial charge is 0.378 e. The van der Waals surface area contributed by atoms with E-state index in [-0.39, 0.29) is 0 Å². The maximum Gasteiger partial charge on any atom is 0.0470 e. The Morgan fingerprint density at radius 3 is 1.58 bits per heavy atom. The fourth-order valence-electron chi connectivity index (χ4n) is 3.53. The lowest BCUT2D eigenvalue weighted by Gasteiger charge is -2.11. The predicted octanol–water partition coefficient (Wildman–Crippen LogP) is 6.53. The van der Waals surface area contributed by atoms with Crippen LogP contribution in [-0.2, 0) is 0 Å². The number of fused-ring (bicyclic) bond motifs is 1. The van der Waals surface area contributed by atoms with E-state index in [4.69, 9.17) is 0 Å². The van der Waals surface area contributed by atoms with E-state index in [0.29, 0.717) is 0 Å². The van der Waals surface area contributed by atoms with Crippen LogP contribution >= 0.6 is 15.9 Å². The van der Waals surface area contributed by atoms with Crippen LogP contribution in [0.3, 0.4) is 0 Å². The Hall–Kier alpha value is -3.66. The van der Waals surface area contributed by atoms with Crippen molar-refractivity contribution in [3.8, 4) is 23.7 Å². The van der Waals surface area contributed by atoms with E-state index < -0.39 is 0 Å². The minimum absolute atomic E-state index is 0.950. The fourth-order valence-corrected chi connectivity index (χ4v) is 4.07. The quantitative estimate of drug-likeness (QED) is 0.293. The van der Waals surface area contributed by atoms with Crippen LogP contribution in [-0.4, -0.2) is 28.2 Å². The molecule has 4 rings (SSSR count). The first-order chi connectivity index (χ1) is 15.9. The second-order valence-corrected chi connectivity index (χ2v) is 9.06. The van der Waals surface area contributed by atoms with E-state index in [2.05, 4.69) is 116 Å². The fraction of sp³-hybridized carbons (Fsp3) is 0.133. The number of rotatable bonds is 2. The highest BCUT2D eigenvalue weighted by molar-refractivity contribution is 9.10. The number of nitrogens with zero attached hydrogens (tertiary/aromatic N) is 2. The van der Waals surface area contributed by atoms with Crippen molar-refractivity contribution in [2.75, 3.05) is 38.0 Å². The summed E-state index contributed by atoms with van der Waals surface area (Å²) >= 11 is 3.74. The monoisotopic (exact) mass is 492 g/mol. The molecule has 0 saturated heterocycles. The molecule has 0 fully saturated rings. The zero-order chi connectivity index (χ0) is 23.4. The predicted molar refractivity (Wildman–Crippen MR) is 145 cm³/mol. The lowest BCUT2D eigenvalue weighted by atomic mass is 9.99. The van der Waals surface area contributed by atoms with Gasteiger partial charge in [0.25, 0.3) is 0 Å². The first kappa shape index (κ1) is 22.5. The third kappa shape index (κ3) is 5.23. The van der Waals surface area contributed by atoms with Gasteiger partial charge in [-0.25, -0.2) is 0 Å². The molecule has 0 aliphatic carbocycles. The minimum atomic E-state index is 0.950. The zero-order valence-corrected chi connectivity index (χ0v) is 20.9. The maximum atomic E-state index is 3.74. The van der Waals surface area contributed by atoms with Gasteiger partial charge in [-0.15, -0.1) is 0 Å². The van der Waals surface area contributed by atoms with Crippen molar-refractivity contribution in [3.63, 3.8) is 0 Å². The van der Waals surface area contributed by atoms with E-state index in [1.165, 1.54) is 0 Å². The highest BCUT2D eigenvalue weighted by Crippen LogP contribution is 2.29. The Morgan fingerprint density at radius 1 is 0.576 bits per heavy atom. The van der Waals surface area contributed by atoms with Crippen molar-refractivity contribution in [2.45, 2.75) is 0 Å². The van der Waals surface area contributed by atoms with E-state index >= 15 is 0 Å². The Morgan fingerprint density at radius 2 is 1.06 bits per heavy atom. The summed E-state index contributed by atoms with van der Waals surface area (Å²) < 4.78 is 0.950. The van der Waals surface area contributed by atoms with E-state index in [0.717, 1.165) is 48.9 Å². The van der Waals surface area contributed by atoms with Gasteiger partial charge in [0.1, 0.15) is 0 Å². The van der Waals surface area contributed by atoms with Gasteiger partial charge in [0, 0.05) is 66.3 Å². The molecule has 0 aliphatic heterocycles. The molecule has 0 atom stereocenters. The molecule has 0 spiro atoms. The summed E-state index contributed by atoms with van der Waals surface area (Å²) in [6.07, 6.45) is 0. The van der Waals surface area contributed by atoms with Gasteiger partial charge in [-0.2, -0.15) is 0 Å². The van der Waals surface area contributed by atoms with Crippen LogP contribution < -0.4 is 9.80 Å². The highest BCUT2D eigenvalue weighted by Gasteiger charge is 2.08. The van der Waals surface area contributed by atoms with Crippen molar-refractivity contribution >= 4 is 38.1 Å². The average molecular weight is 493 g/mol. The number of benzene rings is 4. The molecular weight excluding hydrogens is 468 g/mol. The Labute approximate surface area is 205 Å². The summed E-state index contributed by atoms with van der Waals surface area (Å²) in [6, 6.07) is 26.9. The van der Waals surface area contributed by atoms with Crippen LogP contribution in [0, 0.1) is 23.7 Å². The number of anilines is 2. The van der Waals surface area contributed by atoms with Crippen molar-refractivity contribution in [1.29, 1.82) is 0 Å². The standard InChI is InChI=1S/C30H25BrN2/c1-32(2)25-16-10-22(11-17-25)9-15-24-21-30(31)29(28-8-6-5-7-27(24)28)20-14-23-12-18-26(19-13-23)33(3)4/h5-8,10-13,16-19,21H,1-4H3. The molecule has 0 bridgehead atoms. The van der Waals surface area contributed by atoms with Gasteiger partial charge in [-0.3, -0.25) is 0 Å². The SMILES string of the molecule is CN(C)c1ccc(C#Cc2cc(Br)c(C#Cc3ccc(N(C)C)cc3)c3ccccc23)cc1. The first-order valence-corrected chi connectivity index (χ1v) is 11.5. The van der Waals surface area contributed by atoms with Gasteiger partial charge in [0.15, 0.2) is 0 Å². The van der Waals surface area contributed by atoms with Crippen LogP contribution in [0.2, 0.25) is 0 Å². The normalized spacial score (nSPS) is 10.1. The summed E-state index contributed by atoms with van der Waals surface area (Å²) in [5.74, 6) is 13.4.